The maximum atomic E-state index is 11.6. The SMILES string of the molecule is COC1CCCN(C(=O)NCCC(=O)O)C1. The Hall–Kier alpha value is -1.30. The number of ether oxygens (including phenoxy) is 1. The molecule has 6 nitrogen and oxygen atoms in total. The monoisotopic (exact) mass is 230 g/mol. The number of urea groups is 1. The van der Waals surface area contributed by atoms with E-state index in [-0.39, 0.29) is 25.1 Å². The average molecular weight is 230 g/mol. The van der Waals surface area contributed by atoms with Gasteiger partial charge in [0, 0.05) is 26.7 Å². The Bertz CT molecular complexity index is 257. The van der Waals surface area contributed by atoms with Crippen molar-refractivity contribution in [2.45, 2.75) is 25.4 Å². The molecule has 2 N–H and O–H groups in total. The van der Waals surface area contributed by atoms with Crippen LogP contribution in [0.25, 0.3) is 0 Å². The summed E-state index contributed by atoms with van der Waals surface area (Å²) in [5.41, 5.74) is 0. The number of carboxylic acid groups (broad SMARTS) is 1. The van der Waals surface area contributed by atoms with Gasteiger partial charge in [0.05, 0.1) is 12.5 Å². The minimum Gasteiger partial charge on any atom is -0.481 e. The number of nitrogens with one attached hydrogen (secondary N) is 1. The third kappa shape index (κ3) is 4.06. The molecule has 1 fully saturated rings. The summed E-state index contributed by atoms with van der Waals surface area (Å²) in [6.45, 7) is 1.45. The van der Waals surface area contributed by atoms with E-state index in [2.05, 4.69) is 5.32 Å². The fraction of sp³-hybridized carbons (Fsp3) is 0.800. The fourth-order valence-corrected chi connectivity index (χ4v) is 1.70. The predicted molar refractivity (Wildman–Crippen MR) is 57.3 cm³/mol. The lowest BCUT2D eigenvalue weighted by molar-refractivity contribution is -0.136. The van der Waals surface area contributed by atoms with Gasteiger partial charge >= 0.3 is 12.0 Å². The van der Waals surface area contributed by atoms with Crippen LogP contribution in [0.15, 0.2) is 0 Å². The van der Waals surface area contributed by atoms with Crippen molar-refractivity contribution in [1.29, 1.82) is 0 Å². The van der Waals surface area contributed by atoms with Crippen LogP contribution in [0.5, 0.6) is 0 Å². The molecule has 0 aromatic carbocycles. The zero-order valence-corrected chi connectivity index (χ0v) is 9.44. The Balaban J connectivity index is 2.27. The number of aliphatic carboxylic acids is 1. The van der Waals surface area contributed by atoms with Crippen molar-refractivity contribution in [2.24, 2.45) is 0 Å². The number of methoxy groups -OCH3 is 1. The number of hydrogen-bond acceptors (Lipinski definition) is 3. The first-order chi connectivity index (χ1) is 7.63. The van der Waals surface area contributed by atoms with E-state index in [1.165, 1.54) is 0 Å². The highest BCUT2D eigenvalue weighted by Crippen LogP contribution is 2.12. The van der Waals surface area contributed by atoms with Crippen LogP contribution in [0.2, 0.25) is 0 Å². The summed E-state index contributed by atoms with van der Waals surface area (Å²) in [5.74, 6) is -0.909. The van der Waals surface area contributed by atoms with Gasteiger partial charge < -0.3 is 20.1 Å². The number of rotatable bonds is 4. The molecular formula is C10H18N2O4. The van der Waals surface area contributed by atoms with E-state index in [0.29, 0.717) is 13.1 Å². The Morgan fingerprint density at radius 2 is 2.31 bits per heavy atom. The molecule has 6 heteroatoms. The van der Waals surface area contributed by atoms with Gasteiger partial charge in [-0.15, -0.1) is 0 Å². The van der Waals surface area contributed by atoms with E-state index >= 15 is 0 Å². The molecule has 1 rings (SSSR count). The summed E-state index contributed by atoms with van der Waals surface area (Å²) in [7, 11) is 1.64. The van der Waals surface area contributed by atoms with Crippen LogP contribution in [0.1, 0.15) is 19.3 Å². The molecule has 0 spiro atoms. The van der Waals surface area contributed by atoms with Gasteiger partial charge in [-0.3, -0.25) is 4.79 Å². The number of amides is 2. The minimum atomic E-state index is -0.909. The van der Waals surface area contributed by atoms with Gasteiger partial charge in [0.2, 0.25) is 0 Å². The number of nitrogens with zero attached hydrogens (tertiary/aromatic N) is 1. The third-order valence-electron chi connectivity index (χ3n) is 2.61. The van der Waals surface area contributed by atoms with Crippen LogP contribution < -0.4 is 5.32 Å². The van der Waals surface area contributed by atoms with Crippen molar-refractivity contribution in [3.05, 3.63) is 0 Å². The lowest BCUT2D eigenvalue weighted by Crippen LogP contribution is -2.47. The zero-order chi connectivity index (χ0) is 12.0. The molecule has 0 aromatic heterocycles. The number of carbonyl (C=O) groups excluding carboxylic acids is 1. The molecule has 16 heavy (non-hydrogen) atoms. The molecule has 0 radical (unpaired) electrons. The second-order valence-corrected chi connectivity index (χ2v) is 3.82. The highest BCUT2D eigenvalue weighted by atomic mass is 16.5. The second-order valence-electron chi connectivity index (χ2n) is 3.82. The minimum absolute atomic E-state index is 0.0483. The maximum Gasteiger partial charge on any atom is 0.317 e. The van der Waals surface area contributed by atoms with Gasteiger partial charge in [-0.1, -0.05) is 0 Å². The Kier molecular flexibility index (Phi) is 5.04. The first kappa shape index (κ1) is 12.8. The molecular weight excluding hydrogens is 212 g/mol. The molecule has 1 heterocycles. The van der Waals surface area contributed by atoms with Crippen LogP contribution >= 0.6 is 0 Å². The smallest absolute Gasteiger partial charge is 0.317 e. The summed E-state index contributed by atoms with van der Waals surface area (Å²) >= 11 is 0. The van der Waals surface area contributed by atoms with Gasteiger partial charge in [-0.05, 0) is 12.8 Å². The highest BCUT2D eigenvalue weighted by molar-refractivity contribution is 5.75. The van der Waals surface area contributed by atoms with Gasteiger partial charge in [0.25, 0.3) is 0 Å². The van der Waals surface area contributed by atoms with Crippen LogP contribution in [0, 0.1) is 0 Å². The van der Waals surface area contributed by atoms with Gasteiger partial charge in [-0.2, -0.15) is 0 Å². The quantitative estimate of drug-likeness (QED) is 0.727. The van der Waals surface area contributed by atoms with Gasteiger partial charge in [0.1, 0.15) is 0 Å². The summed E-state index contributed by atoms with van der Waals surface area (Å²) in [6, 6.07) is -0.206. The number of carbonyl (C=O) groups is 2. The number of carboxylic acids is 1. The molecule has 0 aliphatic carbocycles. The molecule has 1 unspecified atom stereocenters. The number of hydrogen-bond donors (Lipinski definition) is 2. The first-order valence-electron chi connectivity index (χ1n) is 5.41. The molecule has 0 saturated carbocycles. The lowest BCUT2D eigenvalue weighted by atomic mass is 10.1. The number of likely N-dealkylation sites (tertiary alicyclic amines) is 1. The van der Waals surface area contributed by atoms with Crippen LogP contribution in [-0.4, -0.2) is 54.9 Å². The van der Waals surface area contributed by atoms with Crippen molar-refractivity contribution < 1.29 is 19.4 Å². The Morgan fingerprint density at radius 3 is 2.94 bits per heavy atom. The van der Waals surface area contributed by atoms with Crippen molar-refractivity contribution in [1.82, 2.24) is 10.2 Å². The third-order valence-corrected chi connectivity index (χ3v) is 2.61. The van der Waals surface area contributed by atoms with Crippen molar-refractivity contribution in [2.75, 3.05) is 26.7 Å². The summed E-state index contributed by atoms with van der Waals surface area (Å²) in [4.78, 5) is 23.5. The van der Waals surface area contributed by atoms with E-state index in [0.717, 1.165) is 12.8 Å². The average Bonchev–Trinajstić information content (AvgIpc) is 2.28. The van der Waals surface area contributed by atoms with Gasteiger partial charge in [-0.25, -0.2) is 4.79 Å². The fourth-order valence-electron chi connectivity index (χ4n) is 1.70. The van der Waals surface area contributed by atoms with E-state index < -0.39 is 5.97 Å². The maximum absolute atomic E-state index is 11.6. The molecule has 1 atom stereocenters. The van der Waals surface area contributed by atoms with Crippen molar-refractivity contribution in [3.63, 3.8) is 0 Å². The normalized spacial score (nSPS) is 20.6. The predicted octanol–water partition coefficient (Wildman–Crippen LogP) is 0.281. The summed E-state index contributed by atoms with van der Waals surface area (Å²) < 4.78 is 5.20. The van der Waals surface area contributed by atoms with Crippen molar-refractivity contribution in [3.8, 4) is 0 Å². The molecule has 0 bridgehead atoms. The molecule has 1 saturated heterocycles. The first-order valence-corrected chi connectivity index (χ1v) is 5.41. The van der Waals surface area contributed by atoms with Crippen LogP contribution in [-0.2, 0) is 9.53 Å². The summed E-state index contributed by atoms with van der Waals surface area (Å²) in [6.07, 6.45) is 1.94. The van der Waals surface area contributed by atoms with E-state index in [1.54, 1.807) is 12.0 Å². The zero-order valence-electron chi connectivity index (χ0n) is 9.44. The van der Waals surface area contributed by atoms with E-state index in [4.69, 9.17) is 9.84 Å². The summed E-state index contributed by atoms with van der Waals surface area (Å²) in [5, 5.41) is 11.0. The van der Waals surface area contributed by atoms with E-state index in [9.17, 15) is 9.59 Å². The molecule has 1 aliphatic rings. The largest absolute Gasteiger partial charge is 0.481 e. The standard InChI is InChI=1S/C10H18N2O4/c1-16-8-3-2-6-12(7-8)10(15)11-5-4-9(13)14/h8H,2-7H2,1H3,(H,11,15)(H,13,14). The van der Waals surface area contributed by atoms with Gasteiger partial charge in [0.15, 0.2) is 0 Å². The molecule has 1 aliphatic heterocycles. The molecule has 2 amide bonds. The van der Waals surface area contributed by atoms with E-state index in [1.807, 2.05) is 0 Å². The Morgan fingerprint density at radius 1 is 1.56 bits per heavy atom. The topological polar surface area (TPSA) is 78.9 Å². The Labute approximate surface area is 94.6 Å². The second kappa shape index (κ2) is 6.32. The van der Waals surface area contributed by atoms with Crippen LogP contribution in [0.4, 0.5) is 4.79 Å². The lowest BCUT2D eigenvalue weighted by Gasteiger charge is -2.31. The molecule has 0 aromatic rings. The van der Waals surface area contributed by atoms with Crippen molar-refractivity contribution >= 4 is 12.0 Å². The number of piperidine rings is 1. The highest BCUT2D eigenvalue weighted by Gasteiger charge is 2.22. The molecule has 92 valence electrons. The van der Waals surface area contributed by atoms with Crippen LogP contribution in [0.3, 0.4) is 0 Å².